The largest absolute Gasteiger partial charge is 0.330 e. The summed E-state index contributed by atoms with van der Waals surface area (Å²) in [6, 6.07) is 0. The molecular weight excluding hydrogens is 166 g/mol. The van der Waals surface area contributed by atoms with Gasteiger partial charge in [-0.15, -0.1) is 0 Å². The van der Waals surface area contributed by atoms with Gasteiger partial charge in [0.1, 0.15) is 0 Å². The van der Waals surface area contributed by atoms with Crippen molar-refractivity contribution in [3.05, 3.63) is 0 Å². The Bertz CT molecular complexity index is 113. The lowest BCUT2D eigenvalue weighted by atomic mass is 10.5. The molecule has 0 aliphatic carbocycles. The molecule has 0 fully saturated rings. The zero-order valence-electron chi connectivity index (χ0n) is 9.26. The average molecular weight is 191 g/mol. The van der Waals surface area contributed by atoms with Gasteiger partial charge in [0.15, 0.2) is 0 Å². The van der Waals surface area contributed by atoms with Gasteiger partial charge in [-0.25, -0.2) is 10.0 Å². The highest BCUT2D eigenvalue weighted by molar-refractivity contribution is 8.34. The van der Waals surface area contributed by atoms with E-state index >= 15 is 0 Å². The first kappa shape index (κ1) is 12.3. The third-order valence-electron chi connectivity index (χ3n) is 2.94. The van der Waals surface area contributed by atoms with E-state index in [2.05, 4.69) is 34.0 Å². The van der Waals surface area contributed by atoms with Crippen LogP contribution in [0.2, 0.25) is 0 Å². The van der Waals surface area contributed by atoms with Crippen molar-refractivity contribution in [1.82, 2.24) is 0 Å². The van der Waals surface area contributed by atoms with Crippen LogP contribution in [0.1, 0.15) is 34.1 Å². The first-order valence-electron chi connectivity index (χ1n) is 4.89. The zero-order chi connectivity index (χ0) is 9.78. The van der Waals surface area contributed by atoms with E-state index < -0.39 is 10.0 Å². The molecule has 0 amide bonds. The second-order valence-corrected chi connectivity index (χ2v) is 8.93. The molecule has 0 aliphatic rings. The summed E-state index contributed by atoms with van der Waals surface area (Å²) in [5, 5.41) is 1.67. The van der Waals surface area contributed by atoms with Crippen molar-refractivity contribution in [1.29, 1.82) is 0 Å². The molecule has 0 aromatic carbocycles. The molecule has 0 saturated heterocycles. The highest BCUT2D eigenvalue weighted by Crippen LogP contribution is 2.53. The van der Waals surface area contributed by atoms with E-state index in [0.717, 1.165) is 17.0 Å². The second kappa shape index (κ2) is 5.13. The minimum atomic E-state index is -0.414. The summed E-state index contributed by atoms with van der Waals surface area (Å²) in [7, 11) is -0.414. The Morgan fingerprint density at radius 1 is 1.08 bits per heavy atom. The van der Waals surface area contributed by atoms with Crippen molar-refractivity contribution in [2.75, 3.05) is 18.6 Å². The summed E-state index contributed by atoms with van der Waals surface area (Å²) in [6.07, 6.45) is 3.67. The average Bonchev–Trinajstić information content (AvgIpc) is 1.99. The zero-order valence-corrected chi connectivity index (χ0v) is 10.1. The van der Waals surface area contributed by atoms with Crippen LogP contribution in [0.25, 0.3) is 0 Å². The molecule has 12 heavy (non-hydrogen) atoms. The number of hydrogen-bond donors (Lipinski definition) is 1. The second-order valence-electron chi connectivity index (χ2n) is 4.17. The fourth-order valence-corrected chi connectivity index (χ4v) is 4.23. The van der Waals surface area contributed by atoms with Gasteiger partial charge in [0.05, 0.1) is 0 Å². The molecule has 0 saturated carbocycles. The molecule has 0 aliphatic heterocycles. The third-order valence-corrected chi connectivity index (χ3v) is 8.42. The van der Waals surface area contributed by atoms with Crippen molar-refractivity contribution in [3.8, 4) is 0 Å². The van der Waals surface area contributed by atoms with Gasteiger partial charge in [-0.05, 0) is 35.5 Å². The smallest absolute Gasteiger partial charge is 0.00700 e. The number of rotatable bonds is 5. The van der Waals surface area contributed by atoms with Gasteiger partial charge in [0, 0.05) is 0 Å². The maximum Gasteiger partial charge on any atom is -0.00700 e. The summed E-state index contributed by atoms with van der Waals surface area (Å²) >= 11 is 0. The molecule has 0 atom stereocenters. The lowest BCUT2D eigenvalue weighted by Crippen LogP contribution is -2.24. The quantitative estimate of drug-likeness (QED) is 0.710. The third kappa shape index (κ3) is 2.98. The van der Waals surface area contributed by atoms with Gasteiger partial charge >= 0.3 is 0 Å². The monoisotopic (exact) mass is 191 g/mol. The topological polar surface area (TPSA) is 26.0 Å². The van der Waals surface area contributed by atoms with Crippen LogP contribution in [-0.2, 0) is 0 Å². The van der Waals surface area contributed by atoms with E-state index in [4.69, 9.17) is 5.73 Å². The number of hydrogen-bond acceptors (Lipinski definition) is 1. The van der Waals surface area contributed by atoms with Crippen LogP contribution in [0.3, 0.4) is 0 Å². The van der Waals surface area contributed by atoms with Gasteiger partial charge in [-0.3, -0.25) is 0 Å². The van der Waals surface area contributed by atoms with Crippen molar-refractivity contribution in [2.24, 2.45) is 5.73 Å². The molecule has 2 N–H and O–H groups in total. The first-order valence-corrected chi connectivity index (χ1v) is 7.22. The summed E-state index contributed by atoms with van der Waals surface area (Å²) in [5.74, 6) is 1.35. The molecule has 0 aromatic heterocycles. The van der Waals surface area contributed by atoms with Gasteiger partial charge in [-0.1, -0.05) is 27.7 Å². The highest BCUT2D eigenvalue weighted by atomic mass is 32.3. The Balaban J connectivity index is 4.19. The summed E-state index contributed by atoms with van der Waals surface area (Å²) < 4.78 is 0. The normalized spacial score (nSPS) is 14.3. The number of nitrogens with two attached hydrogens (primary N) is 1. The van der Waals surface area contributed by atoms with E-state index in [1.807, 2.05) is 0 Å². The van der Waals surface area contributed by atoms with E-state index in [-0.39, 0.29) is 0 Å². The van der Waals surface area contributed by atoms with Crippen LogP contribution >= 0.6 is 10.0 Å². The van der Waals surface area contributed by atoms with E-state index in [0.29, 0.717) is 0 Å². The van der Waals surface area contributed by atoms with Gasteiger partial charge < -0.3 is 5.73 Å². The summed E-state index contributed by atoms with van der Waals surface area (Å²) in [4.78, 5) is 0. The van der Waals surface area contributed by atoms with Crippen molar-refractivity contribution < 1.29 is 0 Å². The van der Waals surface area contributed by atoms with E-state index in [1.165, 1.54) is 12.2 Å². The SMILES string of the molecule is CC(C)S(C)(CCCN)C(C)C. The maximum absolute atomic E-state index is 5.55. The predicted octanol–water partition coefficient (Wildman–Crippen LogP) is 2.59. The van der Waals surface area contributed by atoms with Crippen LogP contribution in [-0.4, -0.2) is 29.1 Å². The van der Waals surface area contributed by atoms with Crippen molar-refractivity contribution in [3.63, 3.8) is 0 Å². The fourth-order valence-electron chi connectivity index (χ4n) is 1.41. The van der Waals surface area contributed by atoms with Crippen LogP contribution in [0, 0.1) is 0 Å². The molecule has 2 heteroatoms. The molecule has 0 spiro atoms. The van der Waals surface area contributed by atoms with Gasteiger partial charge in [0.25, 0.3) is 0 Å². The molecular formula is C10H25NS. The molecule has 0 aromatic rings. The molecule has 0 radical (unpaired) electrons. The van der Waals surface area contributed by atoms with Gasteiger partial charge in [-0.2, -0.15) is 0 Å². The van der Waals surface area contributed by atoms with Crippen molar-refractivity contribution >= 4 is 10.0 Å². The van der Waals surface area contributed by atoms with E-state index in [1.54, 1.807) is 0 Å². The lowest BCUT2D eigenvalue weighted by molar-refractivity contribution is 0.911. The molecule has 76 valence electrons. The summed E-state index contributed by atoms with van der Waals surface area (Å²) in [5.41, 5.74) is 5.55. The Hall–Kier alpha value is 0.310. The minimum Gasteiger partial charge on any atom is -0.330 e. The highest BCUT2D eigenvalue weighted by Gasteiger charge is 2.24. The Morgan fingerprint density at radius 3 is 1.75 bits per heavy atom. The summed E-state index contributed by atoms with van der Waals surface area (Å²) in [6.45, 7) is 10.3. The van der Waals surface area contributed by atoms with Crippen LogP contribution in [0.15, 0.2) is 0 Å². The fraction of sp³-hybridized carbons (Fsp3) is 1.00. The maximum atomic E-state index is 5.55. The Labute approximate surface area is 79.4 Å². The van der Waals surface area contributed by atoms with E-state index in [9.17, 15) is 0 Å². The Morgan fingerprint density at radius 2 is 1.50 bits per heavy atom. The molecule has 0 rings (SSSR count). The molecule has 0 heterocycles. The lowest BCUT2D eigenvalue weighted by Gasteiger charge is -2.44. The van der Waals surface area contributed by atoms with Crippen molar-refractivity contribution in [2.45, 2.75) is 44.6 Å². The Kier molecular flexibility index (Phi) is 5.26. The van der Waals surface area contributed by atoms with Crippen LogP contribution in [0.5, 0.6) is 0 Å². The predicted molar refractivity (Wildman–Crippen MR) is 62.3 cm³/mol. The minimum absolute atomic E-state index is 0.414. The standard InChI is InChI=1S/C10H25NS/c1-9(2)12(5,10(3)4)8-6-7-11/h9-10H,6-8,11H2,1-5H3. The first-order chi connectivity index (χ1) is 5.45. The van der Waals surface area contributed by atoms with Crippen LogP contribution < -0.4 is 5.73 Å². The molecule has 1 nitrogen and oxygen atoms in total. The molecule has 0 unspecified atom stereocenters. The molecule has 0 bridgehead atoms. The van der Waals surface area contributed by atoms with Gasteiger partial charge in [0.2, 0.25) is 0 Å². The van der Waals surface area contributed by atoms with Crippen LogP contribution in [0.4, 0.5) is 0 Å².